The van der Waals surface area contributed by atoms with E-state index in [1.807, 2.05) is 0 Å². The molecule has 1 rings (SSSR count). The number of amidine groups is 1. The van der Waals surface area contributed by atoms with Crippen molar-refractivity contribution in [3.05, 3.63) is 11.8 Å². The Balaban J connectivity index is 2.64. The van der Waals surface area contributed by atoms with Crippen molar-refractivity contribution in [2.24, 2.45) is 5.41 Å². The number of halogens is 1. The Bertz CT molecular complexity index is 394. The number of hydroxylamine groups is 1. The van der Waals surface area contributed by atoms with Crippen LogP contribution >= 0.6 is 22.6 Å². The molecule has 0 unspecified atom stereocenters. The van der Waals surface area contributed by atoms with Gasteiger partial charge in [-0.05, 0) is 12.8 Å². The third kappa shape index (κ3) is 5.71. The molecule has 21 heavy (non-hydrogen) atoms. The van der Waals surface area contributed by atoms with Gasteiger partial charge in [-0.15, -0.1) is 0 Å². The molecule has 8 heteroatoms. The number of carbonyl (C=O) groups excluding carboxylic acids is 2. The lowest BCUT2D eigenvalue weighted by molar-refractivity contribution is -0.109. The van der Waals surface area contributed by atoms with Crippen molar-refractivity contribution >= 4 is 41.0 Å². The molecular formula is C13H19IN2O5. The van der Waals surface area contributed by atoms with E-state index in [1.165, 1.54) is 0 Å². The highest BCUT2D eigenvalue weighted by Gasteiger charge is 2.38. The monoisotopic (exact) mass is 410 g/mol. The maximum atomic E-state index is 10.7. The summed E-state index contributed by atoms with van der Waals surface area (Å²) in [5.74, 6) is -0.0527. The van der Waals surface area contributed by atoms with Gasteiger partial charge in [0.25, 0.3) is 0 Å². The Morgan fingerprint density at radius 2 is 2.10 bits per heavy atom. The van der Waals surface area contributed by atoms with Crippen LogP contribution in [-0.2, 0) is 23.9 Å². The lowest BCUT2D eigenvalue weighted by atomic mass is 9.80. The number of ether oxygens (including phenoxy) is 2. The van der Waals surface area contributed by atoms with Gasteiger partial charge < -0.3 is 14.3 Å². The summed E-state index contributed by atoms with van der Waals surface area (Å²) in [5, 5.41) is 8.16. The van der Waals surface area contributed by atoms with Crippen molar-refractivity contribution in [1.29, 1.82) is 5.41 Å². The van der Waals surface area contributed by atoms with Crippen molar-refractivity contribution in [3.63, 3.8) is 0 Å². The normalized spacial score (nSPS) is 17.9. The summed E-state index contributed by atoms with van der Waals surface area (Å²) in [6, 6.07) is 0. The molecule has 0 aromatic rings. The summed E-state index contributed by atoms with van der Waals surface area (Å²) in [6.07, 6.45) is 3.10. The summed E-state index contributed by atoms with van der Waals surface area (Å²) in [6.45, 7) is 2.09. The molecule has 0 aliphatic carbocycles. The van der Waals surface area contributed by atoms with Gasteiger partial charge in [0.05, 0.1) is 18.6 Å². The fourth-order valence-corrected chi connectivity index (χ4v) is 2.24. The summed E-state index contributed by atoms with van der Waals surface area (Å²) in [5.41, 5.74) is 1.93. The predicted octanol–water partition coefficient (Wildman–Crippen LogP) is 1.01. The molecule has 0 amide bonds. The molecule has 0 radical (unpaired) electrons. The molecular weight excluding hydrogens is 391 g/mol. The van der Waals surface area contributed by atoms with Crippen LogP contribution in [-0.4, -0.2) is 49.3 Å². The lowest BCUT2D eigenvalue weighted by Crippen LogP contribution is -2.47. The summed E-state index contributed by atoms with van der Waals surface area (Å²) in [7, 11) is 0. The van der Waals surface area contributed by atoms with Crippen LogP contribution in [0.5, 0.6) is 0 Å². The highest BCUT2D eigenvalue weighted by molar-refractivity contribution is 14.1. The van der Waals surface area contributed by atoms with E-state index in [9.17, 15) is 9.59 Å². The van der Waals surface area contributed by atoms with Crippen LogP contribution in [0.2, 0.25) is 0 Å². The number of alkyl halides is 1. The third-order valence-corrected chi connectivity index (χ3v) is 3.64. The van der Waals surface area contributed by atoms with E-state index < -0.39 is 5.41 Å². The van der Waals surface area contributed by atoms with Gasteiger partial charge in [-0.25, -0.2) is 5.48 Å². The fourth-order valence-electron chi connectivity index (χ4n) is 1.93. The van der Waals surface area contributed by atoms with Crippen LogP contribution in [0, 0.1) is 10.8 Å². The van der Waals surface area contributed by atoms with Gasteiger partial charge >= 0.3 is 0 Å². The maximum absolute atomic E-state index is 10.7. The molecule has 0 aromatic heterocycles. The van der Waals surface area contributed by atoms with Crippen LogP contribution in [0.25, 0.3) is 0 Å². The van der Waals surface area contributed by atoms with Gasteiger partial charge in [0.2, 0.25) is 0 Å². The van der Waals surface area contributed by atoms with E-state index in [2.05, 4.69) is 28.1 Å². The molecule has 1 saturated heterocycles. The molecule has 0 saturated carbocycles. The first-order valence-corrected chi connectivity index (χ1v) is 8.05. The first-order chi connectivity index (χ1) is 10.2. The standard InChI is InChI=1S/C13H19IN2O5/c14-4-8-20-10-13(2-6-19-7-3-13)12(15)16-21-11(9-18)1-5-17/h1,5,9H,2-4,6-8,10H2,(H2,15,16)/b11-1+. The van der Waals surface area contributed by atoms with E-state index in [4.69, 9.17) is 19.7 Å². The van der Waals surface area contributed by atoms with Crippen LogP contribution in [0.15, 0.2) is 11.8 Å². The number of hydrogen-bond donors (Lipinski definition) is 2. The summed E-state index contributed by atoms with van der Waals surface area (Å²) >= 11 is 2.22. The molecule has 1 aliphatic rings. The van der Waals surface area contributed by atoms with Gasteiger partial charge in [-0.3, -0.25) is 15.0 Å². The Morgan fingerprint density at radius 1 is 1.38 bits per heavy atom. The topological polar surface area (TPSA) is 97.7 Å². The van der Waals surface area contributed by atoms with Crippen LogP contribution in [0.1, 0.15) is 12.8 Å². The largest absolute Gasteiger partial charge is 0.381 e. The summed E-state index contributed by atoms with van der Waals surface area (Å²) in [4.78, 5) is 26.0. The molecule has 1 aliphatic heterocycles. The van der Waals surface area contributed by atoms with Gasteiger partial charge in [-0.2, -0.15) is 0 Å². The maximum Gasteiger partial charge on any atom is 0.197 e. The Hall–Kier alpha value is -1.000. The zero-order valence-corrected chi connectivity index (χ0v) is 13.8. The van der Waals surface area contributed by atoms with Crippen molar-refractivity contribution in [3.8, 4) is 0 Å². The highest BCUT2D eigenvalue weighted by Crippen LogP contribution is 2.31. The minimum atomic E-state index is -0.515. The third-order valence-electron chi connectivity index (χ3n) is 3.20. The van der Waals surface area contributed by atoms with Gasteiger partial charge in [0.15, 0.2) is 12.0 Å². The van der Waals surface area contributed by atoms with Crippen LogP contribution in [0.3, 0.4) is 0 Å². The number of rotatable bonds is 9. The fraction of sp³-hybridized carbons (Fsp3) is 0.615. The molecule has 118 valence electrons. The van der Waals surface area contributed by atoms with E-state index in [-0.39, 0.29) is 11.6 Å². The number of aldehydes is 2. The molecule has 1 heterocycles. The molecule has 2 N–H and O–H groups in total. The second-order valence-electron chi connectivity index (χ2n) is 4.54. The van der Waals surface area contributed by atoms with Crippen molar-refractivity contribution in [2.75, 3.05) is 30.9 Å². The molecule has 0 spiro atoms. The molecule has 0 atom stereocenters. The average Bonchev–Trinajstić information content (AvgIpc) is 2.52. The van der Waals surface area contributed by atoms with E-state index >= 15 is 0 Å². The number of carbonyl (C=O) groups is 2. The Kier molecular flexibility index (Phi) is 8.47. The quantitative estimate of drug-likeness (QED) is 0.0678. The second-order valence-corrected chi connectivity index (χ2v) is 5.62. The van der Waals surface area contributed by atoms with Crippen molar-refractivity contribution < 1.29 is 23.9 Å². The molecule has 1 fully saturated rings. The van der Waals surface area contributed by atoms with E-state index in [1.54, 1.807) is 0 Å². The van der Waals surface area contributed by atoms with E-state index in [0.29, 0.717) is 51.8 Å². The highest BCUT2D eigenvalue weighted by atomic mass is 127. The first kappa shape index (κ1) is 18.1. The average molecular weight is 410 g/mol. The van der Waals surface area contributed by atoms with Crippen molar-refractivity contribution in [2.45, 2.75) is 12.8 Å². The zero-order valence-electron chi connectivity index (χ0n) is 11.6. The number of allylic oxidation sites excluding steroid dienone is 2. The van der Waals surface area contributed by atoms with Gasteiger partial charge in [0, 0.05) is 23.7 Å². The lowest BCUT2D eigenvalue weighted by Gasteiger charge is -2.36. The number of hydrogen-bond acceptors (Lipinski definition) is 6. The van der Waals surface area contributed by atoms with E-state index in [0.717, 1.165) is 10.5 Å². The summed E-state index contributed by atoms with van der Waals surface area (Å²) < 4.78 is 11.8. The number of nitrogens with one attached hydrogen (secondary N) is 2. The van der Waals surface area contributed by atoms with Gasteiger partial charge in [-0.1, -0.05) is 22.6 Å². The molecule has 0 aromatic carbocycles. The van der Waals surface area contributed by atoms with Crippen LogP contribution < -0.4 is 5.48 Å². The Labute approximate surface area is 137 Å². The first-order valence-electron chi connectivity index (χ1n) is 6.52. The second kappa shape index (κ2) is 9.85. The zero-order chi connectivity index (χ0) is 15.6. The van der Waals surface area contributed by atoms with Crippen molar-refractivity contribution in [1.82, 2.24) is 5.48 Å². The minimum Gasteiger partial charge on any atom is -0.381 e. The van der Waals surface area contributed by atoms with Gasteiger partial charge in [0.1, 0.15) is 12.1 Å². The predicted molar refractivity (Wildman–Crippen MR) is 84.4 cm³/mol. The SMILES string of the molecule is N=C(NO/C(C=O)=C/C=O)C1(COCCI)CCOCC1. The molecule has 7 nitrogen and oxygen atoms in total. The minimum absolute atomic E-state index is 0.123. The smallest absolute Gasteiger partial charge is 0.197 e. The molecule has 0 bridgehead atoms. The Morgan fingerprint density at radius 3 is 2.67 bits per heavy atom. The van der Waals surface area contributed by atoms with Crippen LogP contribution in [0.4, 0.5) is 0 Å².